The van der Waals surface area contributed by atoms with E-state index in [4.69, 9.17) is 9.47 Å². The second-order valence-electron chi connectivity index (χ2n) is 23.8. The number of nitrogens with zero attached hydrogens (tertiary/aromatic N) is 3. The Morgan fingerprint density at radius 3 is 1.23 bits per heavy atom. The Morgan fingerprint density at radius 1 is 0.333 bits per heavy atom. The number of rotatable bonds is 5. The predicted octanol–water partition coefficient (Wildman–Crippen LogP) is 12.2. The molecule has 3 aliphatic heterocycles. The van der Waals surface area contributed by atoms with Crippen LogP contribution in [0, 0.1) is 23.7 Å². The van der Waals surface area contributed by atoms with Gasteiger partial charge >= 0.3 is 0 Å². The van der Waals surface area contributed by atoms with Gasteiger partial charge in [0.05, 0.1) is 24.4 Å². The molecule has 12 aliphatic rings. The second kappa shape index (κ2) is 18.3. The minimum absolute atomic E-state index is 0.512. The molecule has 17 atom stereocenters. The van der Waals surface area contributed by atoms with Crippen molar-refractivity contribution in [3.8, 4) is 0 Å². The van der Waals surface area contributed by atoms with Crippen molar-refractivity contribution in [2.45, 2.75) is 301 Å². The summed E-state index contributed by atoms with van der Waals surface area (Å²) in [5, 5.41) is 1.71. The van der Waals surface area contributed by atoms with Gasteiger partial charge in [-0.3, -0.25) is 14.7 Å². The van der Waals surface area contributed by atoms with Gasteiger partial charge in [0, 0.05) is 64.9 Å². The third-order valence-electron chi connectivity index (χ3n) is 20.9. The third kappa shape index (κ3) is 7.91. The molecule has 0 spiro atoms. The fourth-order valence-electron chi connectivity index (χ4n) is 18.2. The molecule has 12 rings (SSSR count). The van der Waals surface area contributed by atoms with Gasteiger partial charge in [0.2, 0.25) is 0 Å². The van der Waals surface area contributed by atoms with E-state index in [1.54, 1.807) is 0 Å². The summed E-state index contributed by atoms with van der Waals surface area (Å²) in [5.74, 6) is 3.64. The topological polar surface area (TPSA) is 28.2 Å². The molecule has 0 radical (unpaired) electrons. The highest BCUT2D eigenvalue weighted by molar-refractivity contribution is 8.00. The van der Waals surface area contributed by atoms with Gasteiger partial charge in [0.1, 0.15) is 0 Å². The zero-order chi connectivity index (χ0) is 39.6. The fraction of sp³-hybridized carbons (Fsp3) is 0.963. The lowest BCUT2D eigenvalue weighted by Gasteiger charge is -2.60. The smallest absolute Gasteiger partial charge is 0.0737 e. The standard InChI is InChI=1S/C54H87N3O2S/c1-4-14-40(15-5-1)55-43-20-10-12-22-49(43)58-51-32-36(24-28-45(51)55)38-26-30-47-53(34-38)60-54-35-39(27-31-48(54)57(47)42-18-8-3-9-19-42)37-25-29-46-52(33-37)59-50-23-13-11-21-44(50)56(46)41-16-6-2-7-17-41/h3,8,36-54H,1-2,4-7,9-35H2. The van der Waals surface area contributed by atoms with E-state index in [-0.39, 0.29) is 0 Å². The van der Waals surface area contributed by atoms with E-state index in [9.17, 15) is 0 Å². The van der Waals surface area contributed by atoms with Crippen LogP contribution in [-0.4, -0.2) is 104 Å². The van der Waals surface area contributed by atoms with Gasteiger partial charge < -0.3 is 9.47 Å². The predicted molar refractivity (Wildman–Crippen MR) is 248 cm³/mol. The summed E-state index contributed by atoms with van der Waals surface area (Å²) in [6.45, 7) is 0. The molecule has 17 unspecified atom stereocenters. The summed E-state index contributed by atoms with van der Waals surface area (Å²) in [6.07, 6.45) is 54.5. The quantitative estimate of drug-likeness (QED) is 0.256. The first kappa shape index (κ1) is 41.3. The normalized spacial score (nSPS) is 50.0. The number of hydrogen-bond acceptors (Lipinski definition) is 6. The van der Waals surface area contributed by atoms with Gasteiger partial charge in [0.25, 0.3) is 0 Å². The zero-order valence-corrected chi connectivity index (χ0v) is 38.8. The monoisotopic (exact) mass is 842 g/mol. The SMILES string of the molecule is C1=CCC(N2C3CCC(C4CCC5C(C4)OC4CCCCC4N5C4CCCCC4)CC3SC3CC(C4CCC5C(C4)OC4CCCCC4N5C4CCCCC4)CCC32)CC1. The summed E-state index contributed by atoms with van der Waals surface area (Å²) in [4.78, 5) is 9.62. The molecule has 9 aliphatic carbocycles. The maximum Gasteiger partial charge on any atom is 0.0737 e. The van der Waals surface area contributed by atoms with Crippen molar-refractivity contribution < 1.29 is 9.47 Å². The lowest BCUT2D eigenvalue weighted by atomic mass is 9.67. The van der Waals surface area contributed by atoms with Crippen LogP contribution < -0.4 is 0 Å². The van der Waals surface area contributed by atoms with E-state index in [1.807, 2.05) is 0 Å². The minimum Gasteiger partial charge on any atom is -0.372 e. The molecule has 0 amide bonds. The highest BCUT2D eigenvalue weighted by Crippen LogP contribution is 2.55. The Morgan fingerprint density at radius 2 is 0.750 bits per heavy atom. The zero-order valence-electron chi connectivity index (χ0n) is 38.0. The first-order chi connectivity index (χ1) is 29.7. The Labute approximate surface area is 371 Å². The van der Waals surface area contributed by atoms with Crippen molar-refractivity contribution in [2.24, 2.45) is 23.7 Å². The van der Waals surface area contributed by atoms with E-state index in [0.717, 1.165) is 76.5 Å². The molecule has 11 fully saturated rings. The Balaban J connectivity index is 0.735. The van der Waals surface area contributed by atoms with Gasteiger partial charge in [0.15, 0.2) is 0 Å². The number of thioether (sulfide) groups is 1. The van der Waals surface area contributed by atoms with Crippen LogP contribution in [-0.2, 0) is 9.47 Å². The van der Waals surface area contributed by atoms with E-state index >= 15 is 0 Å². The number of hydrogen-bond donors (Lipinski definition) is 0. The number of ether oxygens (including phenoxy) is 2. The molecular weight excluding hydrogens is 755 g/mol. The molecule has 0 aromatic carbocycles. The molecule has 0 bridgehead atoms. The maximum atomic E-state index is 7.30. The minimum atomic E-state index is 0.512. The summed E-state index contributed by atoms with van der Waals surface area (Å²) in [7, 11) is 0. The van der Waals surface area contributed by atoms with E-state index in [1.165, 1.54) is 212 Å². The van der Waals surface area contributed by atoms with Gasteiger partial charge in [-0.25, -0.2) is 0 Å². The summed E-state index contributed by atoms with van der Waals surface area (Å²) in [6, 6.07) is 7.04. The van der Waals surface area contributed by atoms with Crippen molar-refractivity contribution in [2.75, 3.05) is 0 Å². The summed E-state index contributed by atoms with van der Waals surface area (Å²) >= 11 is 2.58. The van der Waals surface area contributed by atoms with Gasteiger partial charge in [-0.1, -0.05) is 76.4 Å². The lowest BCUT2D eigenvalue weighted by molar-refractivity contribution is -0.198. The molecule has 6 heteroatoms. The fourth-order valence-corrected chi connectivity index (χ4v) is 20.3. The van der Waals surface area contributed by atoms with Crippen LogP contribution in [0.2, 0.25) is 0 Å². The molecule has 0 aromatic rings. The average molecular weight is 842 g/mol. The van der Waals surface area contributed by atoms with Crippen LogP contribution in [0.1, 0.15) is 212 Å². The molecule has 3 heterocycles. The highest BCUT2D eigenvalue weighted by Gasteiger charge is 2.55. The van der Waals surface area contributed by atoms with Crippen molar-refractivity contribution in [1.29, 1.82) is 0 Å². The average Bonchev–Trinajstić information content (AvgIpc) is 3.31. The van der Waals surface area contributed by atoms with Crippen molar-refractivity contribution in [1.82, 2.24) is 14.7 Å². The molecule has 3 saturated heterocycles. The number of fused-ring (bicyclic) bond motifs is 6. The lowest BCUT2D eigenvalue weighted by Crippen LogP contribution is -2.66. The van der Waals surface area contributed by atoms with Crippen molar-refractivity contribution >= 4 is 11.8 Å². The van der Waals surface area contributed by atoms with E-state index < -0.39 is 0 Å². The molecule has 0 aromatic heterocycles. The van der Waals surface area contributed by atoms with Crippen LogP contribution in [0.15, 0.2) is 12.2 Å². The first-order valence-electron chi connectivity index (χ1n) is 27.7. The van der Waals surface area contributed by atoms with Crippen molar-refractivity contribution in [3.63, 3.8) is 0 Å². The van der Waals surface area contributed by atoms with Crippen LogP contribution in [0.4, 0.5) is 0 Å². The van der Waals surface area contributed by atoms with Crippen LogP contribution in [0.3, 0.4) is 0 Å². The van der Waals surface area contributed by atoms with E-state index in [2.05, 4.69) is 38.6 Å². The third-order valence-corrected chi connectivity index (χ3v) is 22.6. The van der Waals surface area contributed by atoms with Crippen LogP contribution in [0.25, 0.3) is 0 Å². The molecule has 336 valence electrons. The summed E-state index contributed by atoms with van der Waals surface area (Å²) in [5.41, 5.74) is 0. The summed E-state index contributed by atoms with van der Waals surface area (Å²) < 4.78 is 14.6. The Bertz CT molecular complexity index is 1370. The van der Waals surface area contributed by atoms with Crippen LogP contribution >= 0.6 is 11.8 Å². The molecule has 60 heavy (non-hydrogen) atoms. The highest BCUT2D eigenvalue weighted by atomic mass is 32.2. The van der Waals surface area contributed by atoms with Gasteiger partial charge in [-0.05, 0) is 171 Å². The largest absolute Gasteiger partial charge is 0.372 e. The van der Waals surface area contributed by atoms with Crippen molar-refractivity contribution in [3.05, 3.63) is 12.2 Å². The Hall–Kier alpha value is -0.110. The maximum absolute atomic E-state index is 7.30. The Kier molecular flexibility index (Phi) is 12.6. The molecule has 0 N–H and O–H groups in total. The van der Waals surface area contributed by atoms with Gasteiger partial charge in [-0.15, -0.1) is 0 Å². The second-order valence-corrected chi connectivity index (χ2v) is 25.3. The number of morpholine rings is 2. The number of allylic oxidation sites excluding steroid dienone is 1. The molecule has 5 nitrogen and oxygen atoms in total. The van der Waals surface area contributed by atoms with E-state index in [0.29, 0.717) is 36.5 Å². The molecule has 8 saturated carbocycles. The van der Waals surface area contributed by atoms with Crippen LogP contribution in [0.5, 0.6) is 0 Å². The molecular formula is C54H87N3O2S. The van der Waals surface area contributed by atoms with Gasteiger partial charge in [-0.2, -0.15) is 11.8 Å². The first-order valence-corrected chi connectivity index (χ1v) is 28.6.